The fourth-order valence-electron chi connectivity index (χ4n) is 1.41. The molecule has 1 amide bonds. The van der Waals surface area contributed by atoms with Gasteiger partial charge in [0.25, 0.3) is 0 Å². The minimum Gasteiger partial charge on any atom is -0.352 e. The molecule has 0 saturated carbocycles. The maximum Gasteiger partial charge on any atom is 0.223 e. The van der Waals surface area contributed by atoms with E-state index in [-0.39, 0.29) is 29.9 Å². The number of rotatable bonds is 4. The van der Waals surface area contributed by atoms with Crippen LogP contribution in [-0.2, 0) is 11.3 Å². The van der Waals surface area contributed by atoms with Crippen LogP contribution >= 0.6 is 0 Å². The number of nitrogens with zero attached hydrogens (tertiary/aromatic N) is 1. The third-order valence-corrected chi connectivity index (χ3v) is 3.05. The molecule has 1 aromatic carbocycles. The molecular weight excluding hydrogens is 231 g/mol. The van der Waals surface area contributed by atoms with Gasteiger partial charge in [-0.2, -0.15) is 5.26 Å². The molecule has 96 valence electrons. The van der Waals surface area contributed by atoms with E-state index < -0.39 is 5.82 Å². The molecule has 0 aromatic heterocycles. The summed E-state index contributed by atoms with van der Waals surface area (Å²) in [4.78, 5) is 11.7. The summed E-state index contributed by atoms with van der Waals surface area (Å²) in [6, 6.07) is 6.10. The molecule has 4 heteroatoms. The van der Waals surface area contributed by atoms with Crippen molar-refractivity contribution in [1.82, 2.24) is 5.32 Å². The highest BCUT2D eigenvalue weighted by Crippen LogP contribution is 2.12. The number of hydrogen-bond donors (Lipinski definition) is 1. The number of nitrogens with one attached hydrogen (secondary N) is 1. The number of halogens is 1. The lowest BCUT2D eigenvalue weighted by Crippen LogP contribution is -2.31. The van der Waals surface area contributed by atoms with Crippen molar-refractivity contribution in [3.63, 3.8) is 0 Å². The quantitative estimate of drug-likeness (QED) is 0.890. The van der Waals surface area contributed by atoms with Gasteiger partial charge in [0.15, 0.2) is 0 Å². The van der Waals surface area contributed by atoms with E-state index in [0.717, 1.165) is 0 Å². The number of nitriles is 1. The zero-order valence-corrected chi connectivity index (χ0v) is 10.8. The summed E-state index contributed by atoms with van der Waals surface area (Å²) in [5, 5.41) is 11.3. The molecule has 0 radical (unpaired) electrons. The monoisotopic (exact) mass is 248 g/mol. The van der Waals surface area contributed by atoms with Gasteiger partial charge in [-0.05, 0) is 18.1 Å². The van der Waals surface area contributed by atoms with E-state index in [2.05, 4.69) is 5.32 Å². The van der Waals surface area contributed by atoms with Crippen molar-refractivity contribution in [2.45, 2.75) is 27.3 Å². The minimum atomic E-state index is -0.466. The van der Waals surface area contributed by atoms with Crippen molar-refractivity contribution in [3.05, 3.63) is 35.1 Å². The Bertz CT molecular complexity index is 477. The standard InChI is InChI=1S/C14H17FN2O/c1-9(2)10(3)14(18)17-8-12-5-4-11(7-16)6-13(12)15/h4-6,9-10H,8H2,1-3H3,(H,17,18). The van der Waals surface area contributed by atoms with E-state index in [0.29, 0.717) is 5.56 Å². The van der Waals surface area contributed by atoms with Gasteiger partial charge >= 0.3 is 0 Å². The first-order valence-corrected chi connectivity index (χ1v) is 5.92. The van der Waals surface area contributed by atoms with Crippen molar-refractivity contribution >= 4 is 5.91 Å². The van der Waals surface area contributed by atoms with Gasteiger partial charge in [0.2, 0.25) is 5.91 Å². The maximum atomic E-state index is 13.5. The number of amides is 1. The highest BCUT2D eigenvalue weighted by atomic mass is 19.1. The summed E-state index contributed by atoms with van der Waals surface area (Å²) in [5.74, 6) is -0.414. The molecule has 3 nitrogen and oxygen atoms in total. The van der Waals surface area contributed by atoms with E-state index in [1.54, 1.807) is 0 Å². The number of carbonyl (C=O) groups excluding carboxylic acids is 1. The summed E-state index contributed by atoms with van der Waals surface area (Å²) in [6.45, 7) is 5.92. The summed E-state index contributed by atoms with van der Waals surface area (Å²) in [6.07, 6.45) is 0. The lowest BCUT2D eigenvalue weighted by molar-refractivity contribution is -0.125. The van der Waals surface area contributed by atoms with Crippen LogP contribution in [-0.4, -0.2) is 5.91 Å². The first-order chi connectivity index (χ1) is 8.45. The largest absolute Gasteiger partial charge is 0.352 e. The van der Waals surface area contributed by atoms with Crippen molar-refractivity contribution in [2.75, 3.05) is 0 Å². The molecule has 0 saturated heterocycles. The Morgan fingerprint density at radius 2 is 2.11 bits per heavy atom. The molecule has 1 N–H and O–H groups in total. The lowest BCUT2D eigenvalue weighted by atomic mass is 9.97. The fraction of sp³-hybridized carbons (Fsp3) is 0.429. The summed E-state index contributed by atoms with van der Waals surface area (Å²) in [5.41, 5.74) is 0.663. The molecule has 0 bridgehead atoms. The second-order valence-corrected chi connectivity index (χ2v) is 4.67. The summed E-state index contributed by atoms with van der Waals surface area (Å²) >= 11 is 0. The molecule has 0 aliphatic rings. The summed E-state index contributed by atoms with van der Waals surface area (Å²) in [7, 11) is 0. The van der Waals surface area contributed by atoms with Crippen LogP contribution in [0.2, 0.25) is 0 Å². The molecule has 1 unspecified atom stereocenters. The van der Waals surface area contributed by atoms with Gasteiger partial charge in [0.05, 0.1) is 11.6 Å². The first-order valence-electron chi connectivity index (χ1n) is 5.92. The van der Waals surface area contributed by atoms with Gasteiger partial charge in [0, 0.05) is 18.0 Å². The fourth-order valence-corrected chi connectivity index (χ4v) is 1.41. The van der Waals surface area contributed by atoms with Crippen molar-refractivity contribution in [2.24, 2.45) is 11.8 Å². The van der Waals surface area contributed by atoms with Crippen LogP contribution in [0.15, 0.2) is 18.2 Å². The molecule has 0 aliphatic carbocycles. The molecule has 18 heavy (non-hydrogen) atoms. The second-order valence-electron chi connectivity index (χ2n) is 4.67. The van der Waals surface area contributed by atoms with Gasteiger partial charge in [-0.1, -0.05) is 26.8 Å². The van der Waals surface area contributed by atoms with Gasteiger partial charge in [0.1, 0.15) is 5.82 Å². The SMILES string of the molecule is CC(C)C(C)C(=O)NCc1ccc(C#N)cc1F. The molecule has 0 fully saturated rings. The van der Waals surface area contributed by atoms with E-state index >= 15 is 0 Å². The second kappa shape index (κ2) is 6.15. The molecule has 0 heterocycles. The minimum absolute atomic E-state index is 0.0891. The highest BCUT2D eigenvalue weighted by molar-refractivity contribution is 5.78. The Hall–Kier alpha value is -1.89. The van der Waals surface area contributed by atoms with Crippen LogP contribution in [0.3, 0.4) is 0 Å². The number of carbonyl (C=O) groups is 1. The average molecular weight is 248 g/mol. The molecule has 1 atom stereocenters. The van der Waals surface area contributed by atoms with Gasteiger partial charge in [-0.3, -0.25) is 4.79 Å². The third kappa shape index (κ3) is 3.56. The lowest BCUT2D eigenvalue weighted by Gasteiger charge is -2.15. The highest BCUT2D eigenvalue weighted by Gasteiger charge is 2.16. The smallest absolute Gasteiger partial charge is 0.223 e. The van der Waals surface area contributed by atoms with Gasteiger partial charge < -0.3 is 5.32 Å². The predicted octanol–water partition coefficient (Wildman–Crippen LogP) is 2.61. The first kappa shape index (κ1) is 14.2. The van der Waals surface area contributed by atoms with Crippen LogP contribution in [0.25, 0.3) is 0 Å². The molecule has 0 aliphatic heterocycles. The van der Waals surface area contributed by atoms with Crippen LogP contribution in [0.4, 0.5) is 4.39 Å². The Labute approximate surface area is 107 Å². The van der Waals surface area contributed by atoms with E-state index in [1.807, 2.05) is 26.8 Å². The van der Waals surface area contributed by atoms with Crippen LogP contribution < -0.4 is 5.32 Å². The number of benzene rings is 1. The summed E-state index contributed by atoms with van der Waals surface area (Å²) < 4.78 is 13.5. The topological polar surface area (TPSA) is 52.9 Å². The Morgan fingerprint density at radius 1 is 1.44 bits per heavy atom. The molecular formula is C14H17FN2O. The van der Waals surface area contributed by atoms with Crippen LogP contribution in [0.1, 0.15) is 31.9 Å². The molecule has 1 aromatic rings. The molecule has 0 spiro atoms. The van der Waals surface area contributed by atoms with Gasteiger partial charge in [-0.15, -0.1) is 0 Å². The van der Waals surface area contributed by atoms with E-state index in [1.165, 1.54) is 18.2 Å². The normalized spacial score (nSPS) is 12.0. The van der Waals surface area contributed by atoms with Gasteiger partial charge in [-0.25, -0.2) is 4.39 Å². The average Bonchev–Trinajstić information content (AvgIpc) is 2.35. The van der Waals surface area contributed by atoms with Crippen LogP contribution in [0, 0.1) is 29.0 Å². The van der Waals surface area contributed by atoms with Crippen LogP contribution in [0.5, 0.6) is 0 Å². The maximum absolute atomic E-state index is 13.5. The Kier molecular flexibility index (Phi) is 4.85. The zero-order valence-electron chi connectivity index (χ0n) is 10.8. The third-order valence-electron chi connectivity index (χ3n) is 3.05. The zero-order chi connectivity index (χ0) is 13.7. The Balaban J connectivity index is 2.65. The Morgan fingerprint density at radius 3 is 2.61 bits per heavy atom. The van der Waals surface area contributed by atoms with E-state index in [4.69, 9.17) is 5.26 Å². The van der Waals surface area contributed by atoms with Crippen molar-refractivity contribution < 1.29 is 9.18 Å². The van der Waals surface area contributed by atoms with Crippen molar-refractivity contribution in [1.29, 1.82) is 5.26 Å². The number of hydrogen-bond acceptors (Lipinski definition) is 2. The predicted molar refractivity (Wildman–Crippen MR) is 67.0 cm³/mol. The van der Waals surface area contributed by atoms with Crippen molar-refractivity contribution in [3.8, 4) is 6.07 Å². The molecule has 1 rings (SSSR count). The van der Waals surface area contributed by atoms with E-state index in [9.17, 15) is 9.18 Å².